The number of rotatable bonds is 5. The molecule has 0 heteroatoms. The monoisotopic (exact) mass is 178 g/mol. The molecule has 0 heterocycles. The van der Waals surface area contributed by atoms with Crippen LogP contribution in [0.5, 0.6) is 0 Å². The minimum absolute atomic E-state index is 0.367. The number of hydrogen-bond acceptors (Lipinski definition) is 0. The molecule has 0 rings (SSSR count). The van der Waals surface area contributed by atoms with E-state index in [9.17, 15) is 0 Å². The molecule has 0 aliphatic rings. The van der Waals surface area contributed by atoms with Crippen molar-refractivity contribution < 1.29 is 0 Å². The maximum absolute atomic E-state index is 3.64. The summed E-state index contributed by atoms with van der Waals surface area (Å²) in [6.07, 6.45) is 10.4. The summed E-state index contributed by atoms with van der Waals surface area (Å²) in [5.41, 5.74) is 1.82. The molecule has 0 spiro atoms. The van der Waals surface area contributed by atoms with Gasteiger partial charge in [0.15, 0.2) is 0 Å². The van der Waals surface area contributed by atoms with E-state index in [4.69, 9.17) is 0 Å². The fourth-order valence-electron chi connectivity index (χ4n) is 1.29. The summed E-state index contributed by atoms with van der Waals surface area (Å²) in [6.45, 7) is 12.7. The van der Waals surface area contributed by atoms with E-state index in [-0.39, 0.29) is 0 Å². The first-order valence-electron chi connectivity index (χ1n) is 5.07. The lowest BCUT2D eigenvalue weighted by Gasteiger charge is -2.27. The van der Waals surface area contributed by atoms with Crippen LogP contribution in [0.15, 0.2) is 36.5 Å². The number of hydrogen-bond donors (Lipinski definition) is 0. The minimum atomic E-state index is 0.367. The molecule has 0 aromatic rings. The Labute approximate surface area is 83.0 Å². The van der Waals surface area contributed by atoms with Crippen molar-refractivity contribution in [1.29, 1.82) is 0 Å². The van der Waals surface area contributed by atoms with E-state index in [1.807, 2.05) is 6.08 Å². The number of allylic oxidation sites excluding steroid dienone is 5. The van der Waals surface area contributed by atoms with Crippen LogP contribution in [0.4, 0.5) is 0 Å². The smallest absolute Gasteiger partial charge is 0.0121 e. The summed E-state index contributed by atoms with van der Waals surface area (Å²) in [5.74, 6) is 0. The molecule has 0 bridgehead atoms. The third-order valence-corrected chi connectivity index (χ3v) is 3.11. The van der Waals surface area contributed by atoms with Gasteiger partial charge in [-0.3, -0.25) is 0 Å². The van der Waals surface area contributed by atoms with Crippen molar-refractivity contribution in [3.05, 3.63) is 36.5 Å². The van der Waals surface area contributed by atoms with Crippen molar-refractivity contribution in [1.82, 2.24) is 0 Å². The summed E-state index contributed by atoms with van der Waals surface area (Å²) >= 11 is 0. The highest BCUT2D eigenvalue weighted by Crippen LogP contribution is 2.33. The van der Waals surface area contributed by atoms with Crippen LogP contribution in [0.25, 0.3) is 0 Å². The fourth-order valence-corrected chi connectivity index (χ4v) is 1.29. The molecule has 0 aliphatic heterocycles. The molecule has 74 valence electrons. The average molecular weight is 178 g/mol. The highest BCUT2D eigenvalue weighted by atomic mass is 14.3. The van der Waals surface area contributed by atoms with Crippen molar-refractivity contribution >= 4 is 0 Å². The van der Waals surface area contributed by atoms with Gasteiger partial charge in [0.2, 0.25) is 0 Å². The fraction of sp³-hybridized carbons (Fsp3) is 0.538. The predicted molar refractivity (Wildman–Crippen MR) is 61.8 cm³/mol. The molecule has 0 N–H and O–H groups in total. The van der Waals surface area contributed by atoms with E-state index in [2.05, 4.69) is 46.4 Å². The van der Waals surface area contributed by atoms with Crippen LogP contribution in [0.2, 0.25) is 0 Å². The zero-order valence-electron chi connectivity index (χ0n) is 9.43. The van der Waals surface area contributed by atoms with Gasteiger partial charge in [-0.05, 0) is 25.2 Å². The third kappa shape index (κ3) is 3.63. The Bertz CT molecular complexity index is 202. The van der Waals surface area contributed by atoms with Crippen LogP contribution < -0.4 is 0 Å². The van der Waals surface area contributed by atoms with Gasteiger partial charge in [-0.15, -0.1) is 0 Å². The van der Waals surface area contributed by atoms with Gasteiger partial charge in [0.05, 0.1) is 0 Å². The summed E-state index contributed by atoms with van der Waals surface area (Å²) < 4.78 is 0. The largest absolute Gasteiger partial charge is 0.0991 e. The zero-order valence-corrected chi connectivity index (χ0v) is 9.43. The molecule has 0 fully saturated rings. The molecule has 0 aromatic carbocycles. The van der Waals surface area contributed by atoms with E-state index in [1.54, 1.807) is 6.08 Å². The summed E-state index contributed by atoms with van der Waals surface area (Å²) in [5, 5.41) is 0. The topological polar surface area (TPSA) is 0 Å². The van der Waals surface area contributed by atoms with Crippen LogP contribution in [0.3, 0.4) is 0 Å². The first-order valence-corrected chi connectivity index (χ1v) is 5.07. The highest BCUT2D eigenvalue weighted by Gasteiger charge is 2.20. The van der Waals surface area contributed by atoms with Crippen molar-refractivity contribution in [3.63, 3.8) is 0 Å². The van der Waals surface area contributed by atoms with Gasteiger partial charge < -0.3 is 0 Å². The normalized spacial score (nSPS) is 13.7. The molecule has 0 unspecified atom stereocenters. The van der Waals surface area contributed by atoms with E-state index in [0.717, 1.165) is 0 Å². The summed E-state index contributed by atoms with van der Waals surface area (Å²) in [6, 6.07) is 0. The SMILES string of the molecule is C=C/C=C\C=C(/C)C(C)(CC)CC. The van der Waals surface area contributed by atoms with Crippen molar-refractivity contribution in [2.24, 2.45) is 5.41 Å². The molecule has 0 aliphatic carbocycles. The third-order valence-electron chi connectivity index (χ3n) is 3.11. The lowest BCUT2D eigenvalue weighted by molar-refractivity contribution is 0.368. The summed E-state index contributed by atoms with van der Waals surface area (Å²) in [4.78, 5) is 0. The quantitative estimate of drug-likeness (QED) is 0.544. The minimum Gasteiger partial charge on any atom is -0.0991 e. The first kappa shape index (κ1) is 12.2. The molecule has 0 saturated heterocycles. The van der Waals surface area contributed by atoms with Gasteiger partial charge in [-0.1, -0.05) is 57.2 Å². The molecular formula is C13H22. The van der Waals surface area contributed by atoms with E-state index >= 15 is 0 Å². The van der Waals surface area contributed by atoms with Crippen molar-refractivity contribution in [2.75, 3.05) is 0 Å². The zero-order chi connectivity index (χ0) is 10.3. The molecule has 0 nitrogen and oxygen atoms in total. The Hall–Kier alpha value is -0.780. The van der Waals surface area contributed by atoms with Crippen LogP contribution in [-0.2, 0) is 0 Å². The van der Waals surface area contributed by atoms with Gasteiger partial charge in [0.1, 0.15) is 0 Å². The molecule has 13 heavy (non-hydrogen) atoms. The second-order valence-electron chi connectivity index (χ2n) is 3.74. The Morgan fingerprint density at radius 3 is 2.15 bits per heavy atom. The standard InChI is InChI=1S/C13H22/c1-6-9-10-11-12(4)13(5,7-2)8-3/h6,9-11H,1,7-8H2,2-5H3/b10-9-,12-11+. The molecule has 0 radical (unpaired) electrons. The molecule has 0 aromatic heterocycles. The van der Waals surface area contributed by atoms with Crippen molar-refractivity contribution in [2.45, 2.75) is 40.5 Å². The molecular weight excluding hydrogens is 156 g/mol. The van der Waals surface area contributed by atoms with Crippen LogP contribution >= 0.6 is 0 Å². The van der Waals surface area contributed by atoms with Gasteiger partial charge >= 0.3 is 0 Å². The predicted octanol–water partition coefficient (Wildman–Crippen LogP) is 4.50. The Balaban J connectivity index is 4.53. The van der Waals surface area contributed by atoms with E-state index in [0.29, 0.717) is 5.41 Å². The van der Waals surface area contributed by atoms with Gasteiger partial charge in [-0.25, -0.2) is 0 Å². The molecule has 0 saturated carbocycles. The first-order chi connectivity index (χ1) is 6.10. The van der Waals surface area contributed by atoms with Gasteiger partial charge in [-0.2, -0.15) is 0 Å². The summed E-state index contributed by atoms with van der Waals surface area (Å²) in [7, 11) is 0. The maximum atomic E-state index is 3.64. The second-order valence-corrected chi connectivity index (χ2v) is 3.74. The van der Waals surface area contributed by atoms with E-state index < -0.39 is 0 Å². The Morgan fingerprint density at radius 1 is 1.23 bits per heavy atom. The van der Waals surface area contributed by atoms with Crippen molar-refractivity contribution in [3.8, 4) is 0 Å². The van der Waals surface area contributed by atoms with E-state index in [1.165, 1.54) is 18.4 Å². The second kappa shape index (κ2) is 5.80. The van der Waals surface area contributed by atoms with Crippen LogP contribution in [-0.4, -0.2) is 0 Å². The average Bonchev–Trinajstić information content (AvgIpc) is 2.17. The molecule has 0 amide bonds. The molecule has 0 atom stereocenters. The Morgan fingerprint density at radius 2 is 1.77 bits per heavy atom. The van der Waals surface area contributed by atoms with Gasteiger partial charge in [0.25, 0.3) is 0 Å². The Kier molecular flexibility index (Phi) is 5.45. The lowest BCUT2D eigenvalue weighted by Crippen LogP contribution is -2.14. The van der Waals surface area contributed by atoms with Crippen LogP contribution in [0.1, 0.15) is 40.5 Å². The highest BCUT2D eigenvalue weighted by molar-refractivity contribution is 5.19. The van der Waals surface area contributed by atoms with Crippen LogP contribution in [0, 0.1) is 5.41 Å². The maximum Gasteiger partial charge on any atom is -0.0121 e. The lowest BCUT2D eigenvalue weighted by atomic mass is 9.78. The van der Waals surface area contributed by atoms with Gasteiger partial charge in [0, 0.05) is 0 Å².